The zero-order chi connectivity index (χ0) is 15.7. The molecule has 21 heavy (non-hydrogen) atoms. The number of hydrogen-bond acceptors (Lipinski definition) is 4. The Balaban J connectivity index is 1.89. The van der Waals surface area contributed by atoms with Crippen molar-refractivity contribution in [3.8, 4) is 6.07 Å². The lowest BCUT2D eigenvalue weighted by Crippen LogP contribution is -2.27. The van der Waals surface area contributed by atoms with Gasteiger partial charge < -0.3 is 10.1 Å². The lowest BCUT2D eigenvalue weighted by molar-refractivity contribution is -0.152. The largest absolute Gasteiger partial charge is 0.455 e. The molecule has 2 rings (SSSR count). The van der Waals surface area contributed by atoms with Crippen LogP contribution in [0, 0.1) is 16.7 Å². The second-order valence-corrected chi connectivity index (χ2v) is 6.48. The summed E-state index contributed by atoms with van der Waals surface area (Å²) in [6.45, 7) is 1.12. The van der Waals surface area contributed by atoms with Crippen molar-refractivity contribution in [3.05, 3.63) is 29.8 Å². The molecule has 1 aliphatic carbocycles. The van der Waals surface area contributed by atoms with E-state index in [0.29, 0.717) is 17.7 Å². The minimum Gasteiger partial charge on any atom is -0.455 e. The molecule has 0 spiro atoms. The van der Waals surface area contributed by atoms with Crippen molar-refractivity contribution in [1.29, 1.82) is 5.26 Å². The molecule has 1 N–H and O–H groups in total. The van der Waals surface area contributed by atoms with Gasteiger partial charge in [-0.05, 0) is 19.1 Å². The summed E-state index contributed by atoms with van der Waals surface area (Å²) in [6, 6.07) is 8.48. The van der Waals surface area contributed by atoms with E-state index < -0.39 is 28.2 Å². The number of benzene rings is 1. The number of amides is 1. The Morgan fingerprint density at radius 2 is 2.05 bits per heavy atom. The van der Waals surface area contributed by atoms with Gasteiger partial charge in [-0.15, -0.1) is 23.2 Å². The first-order valence-electron chi connectivity index (χ1n) is 6.14. The van der Waals surface area contributed by atoms with Crippen LogP contribution in [0.5, 0.6) is 0 Å². The molecule has 110 valence electrons. The van der Waals surface area contributed by atoms with Gasteiger partial charge in [-0.3, -0.25) is 9.59 Å². The normalized spacial score (nSPS) is 22.0. The highest BCUT2D eigenvalue weighted by Crippen LogP contribution is 2.64. The number of anilines is 1. The molecule has 5 nitrogen and oxygen atoms in total. The number of rotatable bonds is 4. The highest BCUT2D eigenvalue weighted by Gasteiger charge is 2.69. The van der Waals surface area contributed by atoms with Crippen molar-refractivity contribution in [1.82, 2.24) is 0 Å². The third-order valence-corrected chi connectivity index (χ3v) is 4.47. The Morgan fingerprint density at radius 3 is 2.62 bits per heavy atom. The smallest absolute Gasteiger partial charge is 0.315 e. The Morgan fingerprint density at radius 1 is 1.43 bits per heavy atom. The summed E-state index contributed by atoms with van der Waals surface area (Å²) < 4.78 is 3.78. The van der Waals surface area contributed by atoms with Gasteiger partial charge in [0.2, 0.25) is 0 Å². The van der Waals surface area contributed by atoms with Crippen molar-refractivity contribution in [2.75, 3.05) is 11.9 Å². The minimum absolute atomic E-state index is 0.292. The molecule has 0 bridgehead atoms. The maximum atomic E-state index is 11.8. The molecule has 1 aromatic carbocycles. The van der Waals surface area contributed by atoms with Crippen LogP contribution in [0.25, 0.3) is 0 Å². The number of carbonyl (C=O) groups is 2. The van der Waals surface area contributed by atoms with E-state index in [1.54, 1.807) is 31.2 Å². The SMILES string of the molecule is C[C@@]1(C(=O)OCC(=O)Nc2ccccc2C#N)CC1(Cl)Cl. The molecular weight excluding hydrogens is 315 g/mol. The number of hydrogen-bond donors (Lipinski definition) is 1. The van der Waals surface area contributed by atoms with Crippen molar-refractivity contribution in [3.63, 3.8) is 0 Å². The minimum atomic E-state index is -1.13. The van der Waals surface area contributed by atoms with E-state index in [2.05, 4.69) is 5.32 Å². The topological polar surface area (TPSA) is 79.2 Å². The fraction of sp³-hybridized carbons (Fsp3) is 0.357. The molecule has 7 heteroatoms. The van der Waals surface area contributed by atoms with E-state index in [0.717, 1.165) is 0 Å². The zero-order valence-electron chi connectivity index (χ0n) is 11.2. The van der Waals surface area contributed by atoms with Gasteiger partial charge in [-0.2, -0.15) is 5.26 Å². The first-order chi connectivity index (χ1) is 9.80. The van der Waals surface area contributed by atoms with Crippen LogP contribution < -0.4 is 5.32 Å². The van der Waals surface area contributed by atoms with Crippen LogP contribution in [-0.4, -0.2) is 22.8 Å². The van der Waals surface area contributed by atoms with Gasteiger partial charge >= 0.3 is 5.97 Å². The third kappa shape index (κ3) is 3.12. The summed E-state index contributed by atoms with van der Waals surface area (Å²) in [5.74, 6) is -1.15. The summed E-state index contributed by atoms with van der Waals surface area (Å²) in [4.78, 5) is 23.5. The number of nitrogens with zero attached hydrogens (tertiary/aromatic N) is 1. The maximum absolute atomic E-state index is 11.8. The van der Waals surface area contributed by atoms with Crippen molar-refractivity contribution >= 4 is 40.8 Å². The average molecular weight is 327 g/mol. The second kappa shape index (κ2) is 5.55. The quantitative estimate of drug-likeness (QED) is 0.681. The Bertz CT molecular complexity index is 639. The molecule has 1 saturated carbocycles. The van der Waals surface area contributed by atoms with Gasteiger partial charge in [-0.25, -0.2) is 0 Å². The number of alkyl halides is 2. The third-order valence-electron chi connectivity index (χ3n) is 3.36. The molecular formula is C14H12Cl2N2O3. The molecule has 1 aliphatic rings. The fourth-order valence-corrected chi connectivity index (χ4v) is 2.48. The molecule has 1 atom stereocenters. The number of nitriles is 1. The van der Waals surface area contributed by atoms with Crippen molar-refractivity contribution in [2.45, 2.75) is 17.7 Å². The molecule has 0 aromatic heterocycles. The number of ether oxygens (including phenoxy) is 1. The van der Waals surface area contributed by atoms with Crippen molar-refractivity contribution in [2.24, 2.45) is 5.41 Å². The van der Waals surface area contributed by atoms with Gasteiger partial charge in [0, 0.05) is 6.42 Å². The van der Waals surface area contributed by atoms with Crippen LogP contribution in [-0.2, 0) is 14.3 Å². The first-order valence-corrected chi connectivity index (χ1v) is 6.90. The van der Waals surface area contributed by atoms with E-state index in [1.807, 2.05) is 6.07 Å². The van der Waals surface area contributed by atoms with E-state index in [1.165, 1.54) is 0 Å². The molecule has 0 unspecified atom stereocenters. The predicted molar refractivity (Wildman–Crippen MR) is 77.9 cm³/mol. The van der Waals surface area contributed by atoms with Crippen LogP contribution in [0.4, 0.5) is 5.69 Å². The number of carbonyl (C=O) groups excluding carboxylic acids is 2. The number of para-hydroxylation sites is 1. The lowest BCUT2D eigenvalue weighted by Gasteiger charge is -2.12. The predicted octanol–water partition coefficient (Wildman–Crippen LogP) is 2.62. The highest BCUT2D eigenvalue weighted by atomic mass is 35.5. The van der Waals surface area contributed by atoms with Crippen LogP contribution in [0.2, 0.25) is 0 Å². The van der Waals surface area contributed by atoms with Crippen LogP contribution in [0.15, 0.2) is 24.3 Å². The first kappa shape index (κ1) is 15.6. The lowest BCUT2D eigenvalue weighted by atomic mass is 10.1. The van der Waals surface area contributed by atoms with Gasteiger partial charge in [0.15, 0.2) is 6.61 Å². The number of halogens is 2. The summed E-state index contributed by atoms with van der Waals surface area (Å²) in [7, 11) is 0. The Hall–Kier alpha value is -1.77. The fourth-order valence-electron chi connectivity index (χ4n) is 1.79. The molecule has 0 heterocycles. The highest BCUT2D eigenvalue weighted by molar-refractivity contribution is 6.53. The summed E-state index contributed by atoms with van der Waals surface area (Å²) in [6.07, 6.45) is 0.292. The number of esters is 1. The van der Waals surface area contributed by atoms with E-state index >= 15 is 0 Å². The second-order valence-electron chi connectivity index (χ2n) is 5.00. The Labute approximate surface area is 131 Å². The molecule has 1 amide bonds. The van der Waals surface area contributed by atoms with Crippen LogP contribution in [0.3, 0.4) is 0 Å². The van der Waals surface area contributed by atoms with Crippen LogP contribution >= 0.6 is 23.2 Å². The molecule has 1 fully saturated rings. The van der Waals surface area contributed by atoms with Gasteiger partial charge in [0.25, 0.3) is 5.91 Å². The summed E-state index contributed by atoms with van der Waals surface area (Å²) >= 11 is 11.7. The van der Waals surface area contributed by atoms with Gasteiger partial charge in [-0.1, -0.05) is 12.1 Å². The monoisotopic (exact) mass is 326 g/mol. The standard InChI is InChI=1S/C14H12Cl2N2O3/c1-13(8-14(13,15)16)12(20)21-7-11(19)18-10-5-3-2-4-9(10)6-17/h2-5H,7-8H2,1H3,(H,18,19)/t13-/m0/s1. The van der Waals surface area contributed by atoms with Gasteiger partial charge in [0.1, 0.15) is 15.8 Å². The van der Waals surface area contributed by atoms with E-state index in [-0.39, 0.29) is 0 Å². The maximum Gasteiger partial charge on any atom is 0.315 e. The molecule has 0 saturated heterocycles. The molecule has 1 aromatic rings. The molecule has 0 aliphatic heterocycles. The average Bonchev–Trinajstić information content (AvgIpc) is 2.97. The van der Waals surface area contributed by atoms with E-state index in [4.69, 9.17) is 33.2 Å². The van der Waals surface area contributed by atoms with Gasteiger partial charge in [0.05, 0.1) is 11.3 Å². The molecule has 0 radical (unpaired) electrons. The number of nitrogens with one attached hydrogen (secondary N) is 1. The zero-order valence-corrected chi connectivity index (χ0v) is 12.7. The van der Waals surface area contributed by atoms with E-state index in [9.17, 15) is 9.59 Å². The Kier molecular flexibility index (Phi) is 4.13. The summed E-state index contributed by atoms with van der Waals surface area (Å²) in [5.41, 5.74) is -0.282. The van der Waals surface area contributed by atoms with Crippen LogP contribution in [0.1, 0.15) is 18.9 Å². The van der Waals surface area contributed by atoms with Crippen molar-refractivity contribution < 1.29 is 14.3 Å². The summed E-state index contributed by atoms with van der Waals surface area (Å²) in [5, 5.41) is 11.4.